The zero-order valence-corrected chi connectivity index (χ0v) is 23.8. The molecule has 1 aromatic rings. The first-order chi connectivity index (χ1) is 18.4. The van der Waals surface area contributed by atoms with Crippen LogP contribution in [-0.2, 0) is 35.0 Å². The molecule has 11 heteroatoms. The molecule has 3 N–H and O–H groups in total. The highest BCUT2D eigenvalue weighted by molar-refractivity contribution is 5.93. The molecule has 0 fully saturated rings. The molecule has 2 bridgehead atoms. The molecule has 0 saturated carbocycles. The molecule has 2 aliphatic rings. The van der Waals surface area contributed by atoms with Gasteiger partial charge in [-0.3, -0.25) is 9.59 Å². The Morgan fingerprint density at radius 2 is 1.72 bits per heavy atom. The molecule has 2 aliphatic heterocycles. The fourth-order valence-electron chi connectivity index (χ4n) is 3.87. The van der Waals surface area contributed by atoms with Gasteiger partial charge in [0.15, 0.2) is 6.04 Å². The van der Waals surface area contributed by atoms with Gasteiger partial charge in [-0.1, -0.05) is 26.0 Å². The summed E-state index contributed by atoms with van der Waals surface area (Å²) in [7, 11) is 1.23. The minimum absolute atomic E-state index is 0.0419. The van der Waals surface area contributed by atoms with Crippen molar-refractivity contribution in [2.45, 2.75) is 84.0 Å². The summed E-state index contributed by atoms with van der Waals surface area (Å²) in [6, 6.07) is 4.21. The van der Waals surface area contributed by atoms with Crippen molar-refractivity contribution in [1.29, 1.82) is 0 Å². The van der Waals surface area contributed by atoms with Gasteiger partial charge in [0.2, 0.25) is 11.8 Å². The lowest BCUT2D eigenvalue weighted by molar-refractivity contribution is -0.147. The van der Waals surface area contributed by atoms with Crippen LogP contribution in [-0.4, -0.2) is 74.5 Å². The van der Waals surface area contributed by atoms with Crippen LogP contribution < -0.4 is 20.7 Å². The maximum Gasteiger partial charge on any atom is 0.408 e. The molecule has 1 aromatic carbocycles. The summed E-state index contributed by atoms with van der Waals surface area (Å²) in [6.07, 6.45) is 1.13. The highest BCUT2D eigenvalue weighted by Gasteiger charge is 2.31. The number of alkyl carbamates (subject to hydrolysis) is 1. The number of carbonyl (C=O) groups is 4. The summed E-state index contributed by atoms with van der Waals surface area (Å²) in [5, 5.41) is 8.05. The number of hydrogen-bond donors (Lipinski definition) is 3. The molecule has 3 atom stereocenters. The lowest BCUT2D eigenvalue weighted by atomic mass is 10.0. The molecule has 0 aromatic heterocycles. The van der Waals surface area contributed by atoms with Gasteiger partial charge < -0.3 is 34.9 Å². The third kappa shape index (κ3) is 11.9. The third-order valence-electron chi connectivity index (χ3n) is 5.75. The van der Waals surface area contributed by atoms with Crippen LogP contribution in [0.15, 0.2) is 24.3 Å². The Bertz CT molecular complexity index is 959. The molecule has 218 valence electrons. The normalized spacial score (nSPS) is 21.9. The van der Waals surface area contributed by atoms with E-state index in [1.54, 1.807) is 32.9 Å². The second kappa shape index (κ2) is 15.3. The summed E-state index contributed by atoms with van der Waals surface area (Å²) in [5.41, 5.74) is 0.0132. The molecule has 39 heavy (non-hydrogen) atoms. The Morgan fingerprint density at radius 3 is 2.33 bits per heavy atom. The van der Waals surface area contributed by atoms with E-state index in [-0.39, 0.29) is 18.9 Å². The smallest absolute Gasteiger partial charge is 0.408 e. The van der Waals surface area contributed by atoms with Gasteiger partial charge in [-0.15, -0.1) is 0 Å². The van der Waals surface area contributed by atoms with Crippen molar-refractivity contribution < 1.29 is 38.1 Å². The summed E-state index contributed by atoms with van der Waals surface area (Å²) < 4.78 is 21.6. The monoisotopic (exact) mass is 549 g/mol. The lowest BCUT2D eigenvalue weighted by Crippen LogP contribution is -2.57. The highest BCUT2D eigenvalue weighted by Crippen LogP contribution is 2.16. The van der Waals surface area contributed by atoms with Crippen LogP contribution in [0.3, 0.4) is 0 Å². The standard InChI is InChI=1S/C28H43N3O8/c1-18(2)15-21-24(32)30-23(26(34)36-6)17-37-13-7-8-14-38-20-11-9-19(10-12-20)16-22(25(33)29-21)31-27(35)39-28(3,4)5/h9-12,18,21-23H,7-8,13-17H2,1-6H3,(H,29,33)(H,30,32)(H,31,35)/t21-,22-,23-/m0/s1. The lowest BCUT2D eigenvalue weighted by Gasteiger charge is -2.27. The van der Waals surface area contributed by atoms with Crippen molar-refractivity contribution >= 4 is 23.9 Å². The number of carbonyl (C=O) groups excluding carboxylic acids is 4. The van der Waals surface area contributed by atoms with E-state index in [9.17, 15) is 19.2 Å². The van der Waals surface area contributed by atoms with Crippen LogP contribution in [0, 0.1) is 5.92 Å². The number of hydrogen-bond acceptors (Lipinski definition) is 8. The first-order valence-corrected chi connectivity index (χ1v) is 13.4. The molecule has 3 rings (SSSR count). The largest absolute Gasteiger partial charge is 0.494 e. The molecule has 0 saturated heterocycles. The molecular formula is C28H43N3O8. The maximum absolute atomic E-state index is 13.5. The zero-order valence-electron chi connectivity index (χ0n) is 23.8. The molecule has 3 amide bonds. The van der Waals surface area contributed by atoms with Crippen molar-refractivity contribution in [3.8, 4) is 5.75 Å². The molecule has 0 radical (unpaired) electrons. The SMILES string of the molecule is COC(=O)[C@@H]1COCCCCOc2ccc(cc2)C[C@H](NC(=O)OC(C)(C)C)C(=O)N[C@@H](CC(C)C)C(=O)N1. The second-order valence-electron chi connectivity index (χ2n) is 11.0. The van der Waals surface area contributed by atoms with Crippen molar-refractivity contribution in [2.75, 3.05) is 26.9 Å². The second-order valence-corrected chi connectivity index (χ2v) is 11.0. The van der Waals surface area contributed by atoms with Crippen molar-refractivity contribution in [2.24, 2.45) is 5.92 Å². The predicted molar refractivity (Wildman–Crippen MR) is 144 cm³/mol. The number of fused-ring (bicyclic) bond motifs is 16. The van der Waals surface area contributed by atoms with Crippen molar-refractivity contribution in [3.05, 3.63) is 29.8 Å². The topological polar surface area (TPSA) is 141 Å². The Labute approximate surface area is 230 Å². The number of methoxy groups -OCH3 is 1. The van der Waals surface area contributed by atoms with Gasteiger partial charge in [0.25, 0.3) is 0 Å². The van der Waals surface area contributed by atoms with Crippen LogP contribution in [0.2, 0.25) is 0 Å². The van der Waals surface area contributed by atoms with Crippen molar-refractivity contribution in [1.82, 2.24) is 16.0 Å². The van der Waals surface area contributed by atoms with Gasteiger partial charge in [-0.05, 0) is 63.6 Å². The van der Waals surface area contributed by atoms with Crippen LogP contribution in [0.5, 0.6) is 5.75 Å². The van der Waals surface area contributed by atoms with Crippen LogP contribution in [0.4, 0.5) is 4.79 Å². The first-order valence-electron chi connectivity index (χ1n) is 13.4. The van der Waals surface area contributed by atoms with Gasteiger partial charge in [0.05, 0.1) is 20.3 Å². The number of benzene rings is 1. The summed E-state index contributed by atoms with van der Waals surface area (Å²) in [5.74, 6) is -1.05. The Hall–Kier alpha value is -3.34. The highest BCUT2D eigenvalue weighted by atomic mass is 16.6. The van der Waals surface area contributed by atoms with E-state index in [4.69, 9.17) is 18.9 Å². The van der Waals surface area contributed by atoms with Gasteiger partial charge >= 0.3 is 12.1 Å². The number of rotatable bonds is 4. The summed E-state index contributed by atoms with van der Waals surface area (Å²) >= 11 is 0. The van der Waals surface area contributed by atoms with E-state index in [1.165, 1.54) is 7.11 Å². The average molecular weight is 550 g/mol. The molecule has 0 spiro atoms. The Kier molecular flexibility index (Phi) is 12.5. The van der Waals surface area contributed by atoms with Gasteiger partial charge in [-0.25, -0.2) is 9.59 Å². The number of ether oxygens (including phenoxy) is 4. The van der Waals surface area contributed by atoms with E-state index >= 15 is 0 Å². The fraction of sp³-hybridized carbons (Fsp3) is 0.643. The first kappa shape index (κ1) is 31.9. The fourth-order valence-corrected chi connectivity index (χ4v) is 3.87. The number of esters is 1. The van der Waals surface area contributed by atoms with E-state index in [0.29, 0.717) is 31.8 Å². The van der Waals surface area contributed by atoms with Crippen LogP contribution in [0.1, 0.15) is 59.4 Å². The number of amides is 3. The molecule has 11 nitrogen and oxygen atoms in total. The number of nitrogens with one attached hydrogen (secondary N) is 3. The van der Waals surface area contributed by atoms with E-state index < -0.39 is 47.6 Å². The van der Waals surface area contributed by atoms with Gasteiger partial charge in [-0.2, -0.15) is 0 Å². The van der Waals surface area contributed by atoms with Crippen LogP contribution >= 0.6 is 0 Å². The van der Waals surface area contributed by atoms with E-state index in [2.05, 4.69) is 16.0 Å². The van der Waals surface area contributed by atoms with E-state index in [0.717, 1.165) is 12.0 Å². The maximum atomic E-state index is 13.5. The summed E-state index contributed by atoms with van der Waals surface area (Å²) in [6.45, 7) is 9.76. The molecular weight excluding hydrogens is 506 g/mol. The third-order valence-corrected chi connectivity index (χ3v) is 5.75. The predicted octanol–water partition coefficient (Wildman–Crippen LogP) is 2.50. The minimum Gasteiger partial charge on any atom is -0.494 e. The molecule has 2 heterocycles. The zero-order chi connectivity index (χ0) is 29.0. The van der Waals surface area contributed by atoms with Crippen molar-refractivity contribution in [3.63, 3.8) is 0 Å². The summed E-state index contributed by atoms with van der Waals surface area (Å²) in [4.78, 5) is 51.6. The average Bonchev–Trinajstić information content (AvgIpc) is 2.85. The quantitative estimate of drug-likeness (QED) is 0.384. The molecule has 0 aliphatic carbocycles. The van der Waals surface area contributed by atoms with Gasteiger partial charge in [0, 0.05) is 13.0 Å². The molecule has 0 unspecified atom stereocenters. The Balaban J connectivity index is 2.35. The Morgan fingerprint density at radius 1 is 1.05 bits per heavy atom. The van der Waals surface area contributed by atoms with Gasteiger partial charge in [0.1, 0.15) is 23.4 Å². The minimum atomic E-state index is -1.04. The van der Waals surface area contributed by atoms with Crippen LogP contribution in [0.25, 0.3) is 0 Å². The van der Waals surface area contributed by atoms with E-state index in [1.807, 2.05) is 26.0 Å².